The highest BCUT2D eigenvalue weighted by atomic mass is 19.1. The van der Waals surface area contributed by atoms with Crippen molar-refractivity contribution in [3.05, 3.63) is 76.7 Å². The number of para-hydroxylation sites is 1. The summed E-state index contributed by atoms with van der Waals surface area (Å²) in [6, 6.07) is 11.4. The Bertz CT molecular complexity index is 1940. The van der Waals surface area contributed by atoms with E-state index in [0.29, 0.717) is 41.8 Å². The Morgan fingerprint density at radius 1 is 0.964 bits per heavy atom. The zero-order valence-corrected chi connectivity index (χ0v) is 31.1. The molecule has 0 spiro atoms. The number of imide groups is 2. The Kier molecular flexibility index (Phi) is 9.92. The molecule has 15 heteroatoms. The number of halogens is 1. The standard InChI is InChI=1S/C22H32N6O.C18H18FN3O4/c1-26-11-16-17(12-26)18(16)13-27-6-7-28-14(10-27)9-25-22(24)20(28)8-19(23)15-4-2-3-5-21(15)29;19-10-2-1-7-21(9-10)11-3-4-12-13(8-11)18(26)22(17(12)25)14-5-6-15(23)20-16(14)24/h2-5,8,14,16-18,25,29H,6-7,9-13,23-24H2,1H3;3-4,8,10,14H,1-2,5-7,9H2,(H,20,23,24)/b19-8-;. The Labute approximate surface area is 319 Å². The molecule has 5 unspecified atom stereocenters. The molecule has 292 valence electrons. The van der Waals surface area contributed by atoms with Crippen molar-refractivity contribution in [2.45, 2.75) is 43.9 Å². The van der Waals surface area contributed by atoms with Gasteiger partial charge in [0, 0.05) is 82.3 Å². The number of amides is 4. The lowest BCUT2D eigenvalue weighted by atomic mass is 10.0. The second-order valence-corrected chi connectivity index (χ2v) is 16.0. The van der Waals surface area contributed by atoms with E-state index in [0.717, 1.165) is 61.0 Å². The number of benzene rings is 2. The molecule has 7 aliphatic rings. The first kappa shape index (κ1) is 36.8. The van der Waals surface area contributed by atoms with Crippen LogP contribution in [-0.2, 0) is 9.59 Å². The number of rotatable bonds is 6. The fourth-order valence-electron chi connectivity index (χ4n) is 9.40. The fourth-order valence-corrected chi connectivity index (χ4v) is 9.40. The van der Waals surface area contributed by atoms with Crippen LogP contribution >= 0.6 is 0 Å². The van der Waals surface area contributed by atoms with Gasteiger partial charge in [0.05, 0.1) is 22.9 Å². The van der Waals surface area contributed by atoms with Crippen LogP contribution in [0.2, 0.25) is 0 Å². The molecular formula is C40H50FN9O5. The summed E-state index contributed by atoms with van der Waals surface area (Å²) in [5.74, 6) is 1.47. The van der Waals surface area contributed by atoms with E-state index in [9.17, 15) is 28.7 Å². The van der Waals surface area contributed by atoms with Crippen LogP contribution in [0.15, 0.2) is 60.1 Å². The third kappa shape index (κ3) is 7.22. The minimum Gasteiger partial charge on any atom is -0.507 e. The number of aromatic hydroxyl groups is 1. The second-order valence-electron chi connectivity index (χ2n) is 16.0. The lowest BCUT2D eigenvalue weighted by Crippen LogP contribution is -2.59. The minimum absolute atomic E-state index is 0.0841. The number of hydrogen-bond acceptors (Lipinski definition) is 12. The molecule has 5 fully saturated rings. The maximum absolute atomic E-state index is 13.7. The average Bonchev–Trinajstić information content (AvgIpc) is 3.48. The van der Waals surface area contributed by atoms with E-state index < -0.39 is 35.8 Å². The summed E-state index contributed by atoms with van der Waals surface area (Å²) in [4.78, 5) is 59.1. The Morgan fingerprint density at radius 3 is 2.47 bits per heavy atom. The summed E-state index contributed by atoms with van der Waals surface area (Å²) in [5, 5.41) is 15.6. The van der Waals surface area contributed by atoms with Crippen LogP contribution in [0.1, 0.15) is 52.0 Å². The van der Waals surface area contributed by atoms with E-state index in [1.54, 1.807) is 30.3 Å². The Balaban J connectivity index is 0.000000156. The average molecular weight is 756 g/mol. The number of anilines is 1. The predicted octanol–water partition coefficient (Wildman–Crippen LogP) is 1.24. The molecule has 6 aliphatic heterocycles. The van der Waals surface area contributed by atoms with E-state index in [1.807, 2.05) is 23.1 Å². The SMILES string of the molecule is CN1CC2C(C1)C2CN1CCN2C(/C=C(\N)c3ccccc3O)=C(N)NCC2C1.O=C1CCC(N2C(=O)c3ccc(N4CCCC(F)C4)cc3C2=O)C(=O)N1. The van der Waals surface area contributed by atoms with Gasteiger partial charge in [-0.05, 0) is 80.5 Å². The van der Waals surface area contributed by atoms with Crippen molar-refractivity contribution in [3.8, 4) is 5.75 Å². The van der Waals surface area contributed by atoms with E-state index >= 15 is 0 Å². The number of phenols is 1. The number of fused-ring (bicyclic) bond motifs is 3. The number of piperazine rings is 1. The molecule has 7 N–H and O–H groups in total. The number of nitrogens with zero attached hydrogens (tertiary/aromatic N) is 5. The van der Waals surface area contributed by atoms with Crippen LogP contribution in [0.3, 0.4) is 0 Å². The highest BCUT2D eigenvalue weighted by molar-refractivity contribution is 6.23. The number of carbonyl (C=O) groups is 4. The van der Waals surface area contributed by atoms with Crippen LogP contribution in [0.5, 0.6) is 5.75 Å². The maximum atomic E-state index is 13.7. The van der Waals surface area contributed by atoms with Gasteiger partial charge in [-0.3, -0.25) is 34.3 Å². The summed E-state index contributed by atoms with van der Waals surface area (Å²) >= 11 is 0. The van der Waals surface area contributed by atoms with Crippen molar-refractivity contribution < 1.29 is 28.7 Å². The van der Waals surface area contributed by atoms with Crippen LogP contribution < -0.4 is 27.0 Å². The van der Waals surface area contributed by atoms with Gasteiger partial charge in [0.25, 0.3) is 11.8 Å². The fraction of sp³-hybridized carbons (Fsp3) is 0.500. The lowest BCUT2D eigenvalue weighted by Gasteiger charge is -2.46. The topological polar surface area (TPSA) is 181 Å². The molecule has 14 nitrogen and oxygen atoms in total. The molecule has 55 heavy (non-hydrogen) atoms. The van der Waals surface area contributed by atoms with E-state index in [4.69, 9.17) is 11.5 Å². The van der Waals surface area contributed by atoms with Gasteiger partial charge in [-0.2, -0.15) is 0 Å². The van der Waals surface area contributed by atoms with Crippen molar-refractivity contribution in [1.82, 2.24) is 30.2 Å². The van der Waals surface area contributed by atoms with E-state index in [1.165, 1.54) is 19.6 Å². The molecule has 0 radical (unpaired) electrons. The van der Waals surface area contributed by atoms with Crippen LogP contribution in [-0.4, -0.2) is 133 Å². The van der Waals surface area contributed by atoms with Crippen molar-refractivity contribution >= 4 is 35.0 Å². The number of nitrogens with one attached hydrogen (secondary N) is 2. The van der Waals surface area contributed by atoms with Gasteiger partial charge >= 0.3 is 0 Å². The number of alkyl halides is 1. The molecule has 2 aromatic rings. The first-order chi connectivity index (χ1) is 26.5. The molecule has 4 saturated heterocycles. The number of phenolic OH excluding ortho intramolecular Hbond substituents is 1. The molecule has 5 atom stereocenters. The Hall–Kier alpha value is -5.15. The highest BCUT2D eigenvalue weighted by Gasteiger charge is 2.55. The normalized spacial score (nSPS) is 29.6. The van der Waals surface area contributed by atoms with Gasteiger partial charge in [-0.1, -0.05) is 12.1 Å². The number of hydrogen-bond donors (Lipinski definition) is 5. The lowest BCUT2D eigenvalue weighted by molar-refractivity contribution is -0.136. The molecule has 0 aromatic heterocycles. The highest BCUT2D eigenvalue weighted by Crippen LogP contribution is 2.51. The minimum atomic E-state index is -0.978. The predicted molar refractivity (Wildman–Crippen MR) is 204 cm³/mol. The molecule has 1 aliphatic carbocycles. The number of likely N-dealkylation sites (tertiary alicyclic amines) is 1. The van der Waals surface area contributed by atoms with Crippen molar-refractivity contribution in [3.63, 3.8) is 0 Å². The summed E-state index contributed by atoms with van der Waals surface area (Å²) < 4.78 is 13.7. The number of allylic oxidation sites excluding steroid dienone is 1. The first-order valence-corrected chi connectivity index (χ1v) is 19.4. The summed E-state index contributed by atoms with van der Waals surface area (Å²) in [7, 11) is 2.24. The summed E-state index contributed by atoms with van der Waals surface area (Å²) in [6.07, 6.45) is 2.46. The number of nitrogens with two attached hydrogens (primary N) is 2. The number of carbonyl (C=O) groups excluding carboxylic acids is 4. The monoisotopic (exact) mass is 755 g/mol. The van der Waals surface area contributed by atoms with Crippen molar-refractivity contribution in [1.29, 1.82) is 0 Å². The molecule has 2 aromatic carbocycles. The van der Waals surface area contributed by atoms with Gasteiger partial charge in [0.2, 0.25) is 11.8 Å². The maximum Gasteiger partial charge on any atom is 0.262 e. The van der Waals surface area contributed by atoms with E-state index in [2.05, 4.69) is 32.4 Å². The van der Waals surface area contributed by atoms with Crippen LogP contribution in [0, 0.1) is 17.8 Å². The van der Waals surface area contributed by atoms with Crippen molar-refractivity contribution in [2.24, 2.45) is 29.2 Å². The molecule has 9 rings (SSSR count). The van der Waals surface area contributed by atoms with Gasteiger partial charge in [-0.15, -0.1) is 0 Å². The number of piperidine rings is 3. The molecule has 1 saturated carbocycles. The zero-order valence-electron chi connectivity index (χ0n) is 31.1. The molecule has 0 bridgehead atoms. The van der Waals surface area contributed by atoms with Gasteiger partial charge in [0.1, 0.15) is 23.8 Å². The van der Waals surface area contributed by atoms with Gasteiger partial charge < -0.3 is 36.6 Å². The van der Waals surface area contributed by atoms with Gasteiger partial charge in [-0.25, -0.2) is 4.39 Å². The van der Waals surface area contributed by atoms with Gasteiger partial charge in [0.15, 0.2) is 0 Å². The quantitative estimate of drug-likeness (QED) is 0.267. The molecule has 4 amide bonds. The van der Waals surface area contributed by atoms with E-state index in [-0.39, 0.29) is 36.3 Å². The first-order valence-electron chi connectivity index (χ1n) is 19.4. The summed E-state index contributed by atoms with van der Waals surface area (Å²) in [6.45, 7) is 8.67. The second kappa shape index (κ2) is 14.8. The smallest absolute Gasteiger partial charge is 0.262 e. The third-order valence-electron chi connectivity index (χ3n) is 12.4. The third-order valence-corrected chi connectivity index (χ3v) is 12.4. The Morgan fingerprint density at radius 2 is 1.73 bits per heavy atom. The molecular weight excluding hydrogens is 705 g/mol. The van der Waals surface area contributed by atoms with Crippen LogP contribution in [0.4, 0.5) is 10.1 Å². The van der Waals surface area contributed by atoms with Crippen LogP contribution in [0.25, 0.3) is 5.70 Å². The zero-order chi connectivity index (χ0) is 38.5. The molecule has 6 heterocycles. The largest absolute Gasteiger partial charge is 0.507 e. The summed E-state index contributed by atoms with van der Waals surface area (Å²) in [5.41, 5.74) is 15.9. The van der Waals surface area contributed by atoms with Crippen molar-refractivity contribution in [2.75, 3.05) is 70.9 Å².